The summed E-state index contributed by atoms with van der Waals surface area (Å²) in [5.41, 5.74) is -0.781. The molecule has 0 aromatic heterocycles. The predicted molar refractivity (Wildman–Crippen MR) is 73.2 cm³/mol. The van der Waals surface area contributed by atoms with Gasteiger partial charge in [-0.2, -0.15) is 0 Å². The van der Waals surface area contributed by atoms with Crippen molar-refractivity contribution in [3.8, 4) is 0 Å². The Bertz CT molecular complexity index is 331. The molecular weight excluding hydrogens is 244 g/mol. The lowest BCUT2D eigenvalue weighted by atomic mass is 9.91. The molecule has 5 heteroatoms. The van der Waals surface area contributed by atoms with Gasteiger partial charge in [0.15, 0.2) is 0 Å². The van der Waals surface area contributed by atoms with Crippen molar-refractivity contribution in [1.82, 2.24) is 10.2 Å². The average Bonchev–Trinajstić information content (AvgIpc) is 3.09. The molecule has 1 saturated heterocycles. The largest absolute Gasteiger partial charge is 0.480 e. The highest BCUT2D eigenvalue weighted by atomic mass is 16.5. The maximum atomic E-state index is 11.9. The first-order chi connectivity index (χ1) is 8.98. The van der Waals surface area contributed by atoms with E-state index in [4.69, 9.17) is 4.74 Å². The third-order valence-electron chi connectivity index (χ3n) is 4.24. The number of carbonyl (C=O) groups is 1. The topological polar surface area (TPSA) is 61.8 Å². The second kappa shape index (κ2) is 5.77. The molecule has 0 radical (unpaired) electrons. The Morgan fingerprint density at radius 1 is 1.47 bits per heavy atom. The van der Waals surface area contributed by atoms with Crippen LogP contribution < -0.4 is 5.32 Å². The number of nitrogens with zero attached hydrogens (tertiary/aromatic N) is 1. The van der Waals surface area contributed by atoms with Crippen LogP contribution in [0.3, 0.4) is 0 Å². The Morgan fingerprint density at radius 3 is 2.58 bits per heavy atom. The lowest BCUT2D eigenvalue weighted by Gasteiger charge is -2.36. The van der Waals surface area contributed by atoms with Crippen LogP contribution in [0.1, 0.15) is 33.1 Å². The van der Waals surface area contributed by atoms with Crippen molar-refractivity contribution in [3.63, 3.8) is 0 Å². The zero-order valence-electron chi connectivity index (χ0n) is 12.2. The van der Waals surface area contributed by atoms with Crippen molar-refractivity contribution in [2.75, 3.05) is 26.7 Å². The van der Waals surface area contributed by atoms with Gasteiger partial charge in [0.05, 0.1) is 6.10 Å². The summed E-state index contributed by atoms with van der Waals surface area (Å²) in [7, 11) is 1.73. The van der Waals surface area contributed by atoms with E-state index in [2.05, 4.69) is 10.2 Å². The number of hydrogen-bond acceptors (Lipinski definition) is 4. The maximum Gasteiger partial charge on any atom is 0.325 e. The zero-order valence-corrected chi connectivity index (χ0v) is 12.2. The molecule has 110 valence electrons. The minimum absolute atomic E-state index is 0.178. The molecular formula is C14H26N2O3. The molecule has 19 heavy (non-hydrogen) atoms. The average molecular weight is 270 g/mol. The predicted octanol–water partition coefficient (Wildman–Crippen LogP) is 0.939. The third kappa shape index (κ3) is 3.27. The van der Waals surface area contributed by atoms with Gasteiger partial charge in [0.2, 0.25) is 0 Å². The fourth-order valence-corrected chi connectivity index (χ4v) is 3.17. The zero-order chi connectivity index (χ0) is 14.0. The van der Waals surface area contributed by atoms with E-state index in [1.165, 1.54) is 0 Å². The van der Waals surface area contributed by atoms with E-state index < -0.39 is 11.5 Å². The molecule has 0 spiro atoms. The van der Waals surface area contributed by atoms with Crippen molar-refractivity contribution in [1.29, 1.82) is 0 Å². The fraction of sp³-hybridized carbons (Fsp3) is 0.929. The molecule has 5 nitrogen and oxygen atoms in total. The summed E-state index contributed by atoms with van der Waals surface area (Å²) in [5.74, 6) is -0.432. The summed E-state index contributed by atoms with van der Waals surface area (Å²) in [6.07, 6.45) is 3.30. The highest BCUT2D eigenvalue weighted by molar-refractivity contribution is 5.80. The Balaban J connectivity index is 2.07. The number of aliphatic carboxylic acids is 1. The Labute approximate surface area is 115 Å². The second-order valence-electron chi connectivity index (χ2n) is 6.23. The van der Waals surface area contributed by atoms with E-state index in [-0.39, 0.29) is 18.1 Å². The van der Waals surface area contributed by atoms with Crippen LogP contribution in [0, 0.1) is 5.92 Å². The molecule has 2 rings (SSSR count). The van der Waals surface area contributed by atoms with Gasteiger partial charge < -0.3 is 9.84 Å². The lowest BCUT2D eigenvalue weighted by Crippen LogP contribution is -2.62. The van der Waals surface area contributed by atoms with Gasteiger partial charge in [-0.05, 0) is 39.0 Å². The monoisotopic (exact) mass is 270 g/mol. The van der Waals surface area contributed by atoms with Gasteiger partial charge in [-0.25, -0.2) is 0 Å². The molecule has 2 atom stereocenters. The minimum Gasteiger partial charge on any atom is -0.480 e. The van der Waals surface area contributed by atoms with E-state index in [0.29, 0.717) is 6.54 Å². The summed E-state index contributed by atoms with van der Waals surface area (Å²) < 4.78 is 5.36. The molecule has 0 amide bonds. The summed E-state index contributed by atoms with van der Waals surface area (Å²) in [6.45, 7) is 6.40. The van der Waals surface area contributed by atoms with Crippen molar-refractivity contribution in [2.45, 2.75) is 50.8 Å². The van der Waals surface area contributed by atoms with Gasteiger partial charge in [0.1, 0.15) is 5.54 Å². The molecule has 1 aliphatic carbocycles. The Hall–Kier alpha value is -0.650. The minimum atomic E-state index is -0.781. The molecule has 1 heterocycles. The highest BCUT2D eigenvalue weighted by Crippen LogP contribution is 2.41. The van der Waals surface area contributed by atoms with Crippen LogP contribution in [0.5, 0.6) is 0 Å². The van der Waals surface area contributed by atoms with E-state index in [1.807, 2.05) is 13.8 Å². The first-order valence-corrected chi connectivity index (χ1v) is 7.24. The molecule has 2 N–H and O–H groups in total. The van der Waals surface area contributed by atoms with Crippen LogP contribution in [0.25, 0.3) is 0 Å². The van der Waals surface area contributed by atoms with Gasteiger partial charge in [0.25, 0.3) is 0 Å². The number of rotatable bonds is 7. The van der Waals surface area contributed by atoms with Crippen LogP contribution in [0.2, 0.25) is 0 Å². The van der Waals surface area contributed by atoms with Gasteiger partial charge in [-0.1, -0.05) is 0 Å². The van der Waals surface area contributed by atoms with Gasteiger partial charge in [-0.15, -0.1) is 0 Å². The van der Waals surface area contributed by atoms with Crippen molar-refractivity contribution < 1.29 is 14.6 Å². The molecule has 1 aliphatic heterocycles. The van der Waals surface area contributed by atoms with E-state index in [1.54, 1.807) is 7.11 Å². The van der Waals surface area contributed by atoms with E-state index in [0.717, 1.165) is 32.4 Å². The first kappa shape index (κ1) is 14.8. The number of nitrogens with one attached hydrogen (secondary N) is 1. The van der Waals surface area contributed by atoms with Crippen LogP contribution in [-0.4, -0.2) is 60.4 Å². The molecule has 2 fully saturated rings. The third-order valence-corrected chi connectivity index (χ3v) is 4.24. The molecule has 2 aliphatic rings. The van der Waals surface area contributed by atoms with Gasteiger partial charge in [0, 0.05) is 32.8 Å². The standard InChI is InChI=1S/C14H26N2O3/c1-10(2)15-14(13(17)18,11-4-5-11)9-16-7-6-12(8-16)19-3/h10-12,15H,4-9H2,1-3H3,(H,17,18). The number of carboxylic acids is 1. The van der Waals surface area contributed by atoms with Gasteiger partial charge >= 0.3 is 5.97 Å². The maximum absolute atomic E-state index is 11.9. The van der Waals surface area contributed by atoms with Crippen LogP contribution in [0.4, 0.5) is 0 Å². The summed E-state index contributed by atoms with van der Waals surface area (Å²) in [4.78, 5) is 14.1. The molecule has 0 bridgehead atoms. The number of carboxylic acid groups (broad SMARTS) is 1. The lowest BCUT2D eigenvalue weighted by molar-refractivity contribution is -0.147. The first-order valence-electron chi connectivity index (χ1n) is 7.24. The fourth-order valence-electron chi connectivity index (χ4n) is 3.17. The van der Waals surface area contributed by atoms with Crippen molar-refractivity contribution in [2.24, 2.45) is 5.92 Å². The van der Waals surface area contributed by atoms with E-state index >= 15 is 0 Å². The number of methoxy groups -OCH3 is 1. The second-order valence-corrected chi connectivity index (χ2v) is 6.23. The SMILES string of the molecule is COC1CCN(CC(NC(C)C)(C(=O)O)C2CC2)C1. The number of likely N-dealkylation sites (tertiary alicyclic amines) is 1. The Kier molecular flexibility index (Phi) is 4.48. The normalized spacial score (nSPS) is 27.7. The quantitative estimate of drug-likeness (QED) is 0.721. The summed E-state index contributed by atoms with van der Waals surface area (Å²) >= 11 is 0. The molecule has 0 aromatic carbocycles. The van der Waals surface area contributed by atoms with Crippen molar-refractivity contribution >= 4 is 5.97 Å². The molecule has 1 saturated carbocycles. The van der Waals surface area contributed by atoms with Crippen LogP contribution in [-0.2, 0) is 9.53 Å². The highest BCUT2D eigenvalue weighted by Gasteiger charge is 2.52. The number of ether oxygens (including phenoxy) is 1. The molecule has 0 aromatic rings. The van der Waals surface area contributed by atoms with Crippen LogP contribution >= 0.6 is 0 Å². The van der Waals surface area contributed by atoms with Crippen LogP contribution in [0.15, 0.2) is 0 Å². The number of hydrogen-bond donors (Lipinski definition) is 2. The van der Waals surface area contributed by atoms with E-state index in [9.17, 15) is 9.90 Å². The summed E-state index contributed by atoms with van der Waals surface area (Å²) in [5, 5.41) is 13.1. The Morgan fingerprint density at radius 2 is 2.16 bits per heavy atom. The summed E-state index contributed by atoms with van der Waals surface area (Å²) in [6, 6.07) is 0.178. The van der Waals surface area contributed by atoms with Crippen molar-refractivity contribution in [3.05, 3.63) is 0 Å². The smallest absolute Gasteiger partial charge is 0.325 e. The van der Waals surface area contributed by atoms with Gasteiger partial charge in [-0.3, -0.25) is 15.0 Å². The molecule has 2 unspecified atom stereocenters.